The minimum absolute atomic E-state index is 0.224. The summed E-state index contributed by atoms with van der Waals surface area (Å²) in [6.45, 7) is 2.81. The van der Waals surface area contributed by atoms with Crippen LogP contribution in [0.4, 0.5) is 0 Å². The third-order valence-corrected chi connectivity index (χ3v) is 5.18. The minimum atomic E-state index is -0.786. The summed E-state index contributed by atoms with van der Waals surface area (Å²) in [5.41, 5.74) is 3.24. The highest BCUT2D eigenvalue weighted by atomic mass is 16.3. The van der Waals surface area contributed by atoms with Gasteiger partial charge < -0.3 is 10.4 Å². The standard InChI is InChI=1S/C16H20N3O3/c20-15-13-2-1-10(11-3-5-17-8-11)7-12(13)9-18(15)14-4-6-19(22)16(14)21/h1-2,7,11,14-15,17,20H,3-6,8-9H2/q+1. The second kappa shape index (κ2) is 5.22. The number of fused-ring (bicyclic) bond motifs is 1. The van der Waals surface area contributed by atoms with Gasteiger partial charge in [0, 0.05) is 24.4 Å². The van der Waals surface area contributed by atoms with E-state index in [0.29, 0.717) is 23.6 Å². The Hall–Kier alpha value is -1.63. The van der Waals surface area contributed by atoms with E-state index < -0.39 is 18.2 Å². The van der Waals surface area contributed by atoms with E-state index in [1.807, 2.05) is 6.07 Å². The minimum Gasteiger partial charge on any atom is -0.374 e. The molecule has 116 valence electrons. The molecule has 1 amide bonds. The van der Waals surface area contributed by atoms with E-state index in [1.54, 1.807) is 4.90 Å². The summed E-state index contributed by atoms with van der Waals surface area (Å²) >= 11 is 0. The molecule has 3 aliphatic rings. The molecule has 0 spiro atoms. The number of aliphatic hydroxyl groups is 1. The molecule has 22 heavy (non-hydrogen) atoms. The lowest BCUT2D eigenvalue weighted by molar-refractivity contribution is -0.454. The average Bonchev–Trinajstić information content (AvgIpc) is 3.22. The molecular formula is C16H20N3O3+. The molecule has 3 aliphatic heterocycles. The highest BCUT2D eigenvalue weighted by Crippen LogP contribution is 2.37. The Balaban J connectivity index is 1.59. The predicted molar refractivity (Wildman–Crippen MR) is 79.1 cm³/mol. The van der Waals surface area contributed by atoms with Gasteiger partial charge >= 0.3 is 5.91 Å². The molecule has 0 bridgehead atoms. The molecule has 0 saturated carbocycles. The Morgan fingerprint density at radius 3 is 2.86 bits per heavy atom. The summed E-state index contributed by atoms with van der Waals surface area (Å²) in [6.07, 6.45) is 0.843. The predicted octanol–water partition coefficient (Wildman–Crippen LogP) is 0.648. The highest BCUT2D eigenvalue weighted by molar-refractivity contribution is 5.75. The fourth-order valence-corrected chi connectivity index (χ4v) is 3.90. The van der Waals surface area contributed by atoms with Gasteiger partial charge in [0.1, 0.15) is 6.23 Å². The number of nitrogens with zero attached hydrogens (tertiary/aromatic N) is 2. The van der Waals surface area contributed by atoms with Gasteiger partial charge in [0.15, 0.2) is 6.04 Å². The molecular weight excluding hydrogens is 282 g/mol. The van der Waals surface area contributed by atoms with E-state index in [2.05, 4.69) is 17.4 Å². The molecule has 0 aromatic heterocycles. The number of hydrogen-bond donors (Lipinski definition) is 2. The molecule has 3 atom stereocenters. The van der Waals surface area contributed by atoms with Gasteiger partial charge in [-0.25, -0.2) is 4.79 Å². The SMILES string of the molecule is O=C1C(N2Cc3cc(C4CCNC4)ccc3C2O)CC[N+]1=O. The third kappa shape index (κ3) is 2.10. The number of rotatable bonds is 2. The van der Waals surface area contributed by atoms with Crippen molar-refractivity contribution in [2.24, 2.45) is 0 Å². The van der Waals surface area contributed by atoms with Crippen molar-refractivity contribution in [1.29, 1.82) is 0 Å². The van der Waals surface area contributed by atoms with Crippen molar-refractivity contribution in [2.45, 2.75) is 37.6 Å². The summed E-state index contributed by atoms with van der Waals surface area (Å²) < 4.78 is 0.510. The molecule has 2 N–H and O–H groups in total. The number of hydrogen-bond acceptors (Lipinski definition) is 5. The molecule has 0 aliphatic carbocycles. The molecule has 6 nitrogen and oxygen atoms in total. The van der Waals surface area contributed by atoms with E-state index in [0.717, 1.165) is 30.6 Å². The van der Waals surface area contributed by atoms with Crippen LogP contribution in [-0.2, 0) is 11.3 Å². The van der Waals surface area contributed by atoms with Crippen molar-refractivity contribution in [1.82, 2.24) is 10.2 Å². The molecule has 0 radical (unpaired) electrons. The monoisotopic (exact) mass is 302 g/mol. The van der Waals surface area contributed by atoms with E-state index in [-0.39, 0.29) is 6.54 Å². The van der Waals surface area contributed by atoms with E-state index in [9.17, 15) is 14.8 Å². The summed E-state index contributed by atoms with van der Waals surface area (Å²) in [6, 6.07) is 5.73. The first-order chi connectivity index (χ1) is 10.6. The lowest BCUT2D eigenvalue weighted by atomic mass is 9.95. The molecule has 3 heterocycles. The Morgan fingerprint density at radius 1 is 1.32 bits per heavy atom. The second-order valence-corrected chi connectivity index (χ2v) is 6.44. The van der Waals surface area contributed by atoms with Gasteiger partial charge in [-0.05, 0) is 35.6 Å². The lowest BCUT2D eigenvalue weighted by Gasteiger charge is -2.22. The number of nitrogens with one attached hydrogen (secondary N) is 1. The molecule has 2 fully saturated rings. The highest BCUT2D eigenvalue weighted by Gasteiger charge is 2.48. The topological polar surface area (TPSA) is 72.7 Å². The summed E-state index contributed by atoms with van der Waals surface area (Å²) in [5.74, 6) is 0.105. The fourth-order valence-electron chi connectivity index (χ4n) is 3.90. The van der Waals surface area contributed by atoms with Crippen LogP contribution in [-0.4, -0.2) is 46.3 Å². The molecule has 6 heteroatoms. The zero-order valence-electron chi connectivity index (χ0n) is 12.4. The van der Waals surface area contributed by atoms with Crippen molar-refractivity contribution < 1.29 is 14.7 Å². The van der Waals surface area contributed by atoms with Crippen LogP contribution in [0.3, 0.4) is 0 Å². The van der Waals surface area contributed by atoms with Crippen molar-refractivity contribution in [3.05, 3.63) is 39.8 Å². The quantitative estimate of drug-likeness (QED) is 0.785. The maximum Gasteiger partial charge on any atom is 0.450 e. The summed E-state index contributed by atoms with van der Waals surface area (Å²) in [5, 5.41) is 13.9. The first-order valence-corrected chi connectivity index (χ1v) is 7.91. The van der Waals surface area contributed by atoms with Gasteiger partial charge in [0.25, 0.3) is 0 Å². The van der Waals surface area contributed by atoms with Crippen LogP contribution >= 0.6 is 0 Å². The Bertz CT molecular complexity index is 640. The van der Waals surface area contributed by atoms with Crippen LogP contribution in [0, 0.1) is 4.91 Å². The normalized spacial score (nSPS) is 32.0. The Kier molecular flexibility index (Phi) is 3.32. The van der Waals surface area contributed by atoms with Gasteiger partial charge in [-0.2, -0.15) is 0 Å². The smallest absolute Gasteiger partial charge is 0.374 e. The molecule has 1 aromatic carbocycles. The van der Waals surface area contributed by atoms with Crippen LogP contribution in [0.25, 0.3) is 0 Å². The Morgan fingerprint density at radius 2 is 2.18 bits per heavy atom. The summed E-state index contributed by atoms with van der Waals surface area (Å²) in [4.78, 5) is 25.1. The second-order valence-electron chi connectivity index (χ2n) is 6.44. The fraction of sp³-hybridized carbons (Fsp3) is 0.562. The van der Waals surface area contributed by atoms with Gasteiger partial charge in [-0.1, -0.05) is 18.2 Å². The molecule has 4 rings (SSSR count). The number of aliphatic hydroxyl groups excluding tert-OH is 1. The zero-order valence-corrected chi connectivity index (χ0v) is 12.4. The van der Waals surface area contributed by atoms with E-state index >= 15 is 0 Å². The van der Waals surface area contributed by atoms with Gasteiger partial charge in [0.2, 0.25) is 6.54 Å². The first-order valence-electron chi connectivity index (χ1n) is 7.91. The zero-order chi connectivity index (χ0) is 15.3. The van der Waals surface area contributed by atoms with Gasteiger partial charge in [-0.15, -0.1) is 0 Å². The number of carbonyl (C=O) groups excluding carboxylic acids is 1. The number of nitroso groups, excluding NO2 is 1. The van der Waals surface area contributed by atoms with Crippen LogP contribution in [0.1, 0.15) is 41.7 Å². The Labute approximate surface area is 128 Å². The molecule has 2 saturated heterocycles. The first kappa shape index (κ1) is 14.0. The van der Waals surface area contributed by atoms with Crippen LogP contribution in [0.15, 0.2) is 18.2 Å². The molecule has 3 unspecified atom stereocenters. The van der Waals surface area contributed by atoms with Crippen molar-refractivity contribution in [3.8, 4) is 0 Å². The summed E-state index contributed by atoms with van der Waals surface area (Å²) in [7, 11) is 0. The van der Waals surface area contributed by atoms with Gasteiger partial charge in [-0.3, -0.25) is 4.90 Å². The third-order valence-electron chi connectivity index (χ3n) is 5.18. The average molecular weight is 302 g/mol. The maximum absolute atomic E-state index is 11.9. The lowest BCUT2D eigenvalue weighted by Crippen LogP contribution is -2.38. The van der Waals surface area contributed by atoms with E-state index in [4.69, 9.17) is 0 Å². The largest absolute Gasteiger partial charge is 0.450 e. The number of amides is 1. The number of carbonyl (C=O) groups is 1. The van der Waals surface area contributed by atoms with Crippen molar-refractivity contribution in [2.75, 3.05) is 19.6 Å². The maximum atomic E-state index is 11.9. The van der Waals surface area contributed by atoms with E-state index in [1.165, 1.54) is 5.56 Å². The van der Waals surface area contributed by atoms with Crippen LogP contribution in [0.5, 0.6) is 0 Å². The van der Waals surface area contributed by atoms with Crippen molar-refractivity contribution >= 4 is 5.91 Å². The van der Waals surface area contributed by atoms with Crippen molar-refractivity contribution in [3.63, 3.8) is 0 Å². The number of benzene rings is 1. The molecule has 1 aromatic rings. The van der Waals surface area contributed by atoms with Gasteiger partial charge in [0.05, 0.1) is 4.76 Å². The van der Waals surface area contributed by atoms with Crippen LogP contribution in [0.2, 0.25) is 0 Å². The van der Waals surface area contributed by atoms with Crippen LogP contribution < -0.4 is 5.32 Å².